The van der Waals surface area contributed by atoms with Crippen molar-refractivity contribution in [2.45, 2.75) is 39.0 Å². The first kappa shape index (κ1) is 16.0. The van der Waals surface area contributed by atoms with Crippen LogP contribution in [-0.2, 0) is 16.4 Å². The fraction of sp³-hybridized carbons (Fsp3) is 0.500. The van der Waals surface area contributed by atoms with Crippen LogP contribution < -0.4 is 5.32 Å². The molecule has 2 rings (SSSR count). The van der Waals surface area contributed by atoms with Crippen molar-refractivity contribution in [3.05, 3.63) is 35.0 Å². The van der Waals surface area contributed by atoms with Gasteiger partial charge in [0.05, 0.1) is 4.75 Å². The molecule has 116 valence electrons. The maximum Gasteiger partial charge on any atom is 0.153 e. The zero-order valence-corrected chi connectivity index (χ0v) is 14.2. The summed E-state index contributed by atoms with van der Waals surface area (Å²) in [7, 11) is -3.07. The second kappa shape index (κ2) is 5.46. The Balaban J connectivity index is 2.10. The summed E-state index contributed by atoms with van der Waals surface area (Å²) in [6.07, 6.45) is 1.28. The van der Waals surface area contributed by atoms with Crippen LogP contribution in [-0.4, -0.2) is 30.9 Å². The molecule has 0 atom stereocenters. The molecule has 0 saturated carbocycles. The SMILES string of the molecule is Cc1cc(C)c2cc(CNCC(C)(C)S(C)(=O)=O)[nH]c2c1. The molecular weight excluding hydrogens is 284 g/mol. The number of aromatic amines is 1. The summed E-state index contributed by atoms with van der Waals surface area (Å²) >= 11 is 0. The third-order valence-electron chi connectivity index (χ3n) is 4.01. The van der Waals surface area contributed by atoms with E-state index in [0.29, 0.717) is 13.1 Å². The van der Waals surface area contributed by atoms with Crippen LogP contribution in [0.25, 0.3) is 10.9 Å². The number of hydrogen-bond donors (Lipinski definition) is 2. The third kappa shape index (κ3) is 3.47. The molecule has 0 aliphatic carbocycles. The van der Waals surface area contributed by atoms with E-state index in [1.165, 1.54) is 22.8 Å². The Hall–Kier alpha value is -1.33. The average Bonchev–Trinajstić information content (AvgIpc) is 2.70. The van der Waals surface area contributed by atoms with E-state index >= 15 is 0 Å². The Morgan fingerprint density at radius 3 is 2.48 bits per heavy atom. The van der Waals surface area contributed by atoms with Crippen LogP contribution in [0.4, 0.5) is 0 Å². The van der Waals surface area contributed by atoms with Crippen LogP contribution in [0, 0.1) is 13.8 Å². The quantitative estimate of drug-likeness (QED) is 0.893. The van der Waals surface area contributed by atoms with Gasteiger partial charge < -0.3 is 10.3 Å². The van der Waals surface area contributed by atoms with Gasteiger partial charge in [0.25, 0.3) is 0 Å². The number of aryl methyl sites for hydroxylation is 2. The second-order valence-corrected chi connectivity index (χ2v) is 9.12. The number of hydrogen-bond acceptors (Lipinski definition) is 3. The van der Waals surface area contributed by atoms with Crippen LogP contribution in [0.5, 0.6) is 0 Å². The number of fused-ring (bicyclic) bond motifs is 1. The minimum Gasteiger partial charge on any atom is -0.357 e. The number of H-pyrrole nitrogens is 1. The lowest BCUT2D eigenvalue weighted by atomic mass is 10.1. The summed E-state index contributed by atoms with van der Waals surface area (Å²) in [5.74, 6) is 0. The maximum atomic E-state index is 11.7. The van der Waals surface area contributed by atoms with Crippen LogP contribution in [0.1, 0.15) is 30.7 Å². The monoisotopic (exact) mass is 308 g/mol. The van der Waals surface area contributed by atoms with Gasteiger partial charge in [0.2, 0.25) is 0 Å². The molecule has 0 unspecified atom stereocenters. The Bertz CT molecular complexity index is 758. The number of benzene rings is 1. The summed E-state index contributed by atoms with van der Waals surface area (Å²) in [5, 5.41) is 4.46. The minimum atomic E-state index is -3.07. The number of aromatic nitrogens is 1. The van der Waals surface area contributed by atoms with Crippen molar-refractivity contribution >= 4 is 20.7 Å². The fourth-order valence-electron chi connectivity index (χ4n) is 2.38. The molecule has 1 heterocycles. The molecule has 0 fully saturated rings. The molecule has 1 aromatic carbocycles. The molecule has 0 saturated heterocycles. The van der Waals surface area contributed by atoms with Gasteiger partial charge >= 0.3 is 0 Å². The molecule has 0 aliphatic rings. The van der Waals surface area contributed by atoms with E-state index < -0.39 is 14.6 Å². The molecule has 0 radical (unpaired) electrons. The minimum absolute atomic E-state index is 0.430. The Morgan fingerprint density at radius 1 is 1.19 bits per heavy atom. The topological polar surface area (TPSA) is 62.0 Å². The van der Waals surface area contributed by atoms with Crippen molar-refractivity contribution < 1.29 is 8.42 Å². The van der Waals surface area contributed by atoms with Gasteiger partial charge in [-0.3, -0.25) is 0 Å². The predicted molar refractivity (Wildman–Crippen MR) is 88.4 cm³/mol. The zero-order valence-electron chi connectivity index (χ0n) is 13.4. The largest absolute Gasteiger partial charge is 0.357 e. The second-order valence-electron chi connectivity index (χ2n) is 6.47. The van der Waals surface area contributed by atoms with Crippen molar-refractivity contribution in [2.24, 2.45) is 0 Å². The van der Waals surface area contributed by atoms with E-state index in [1.807, 2.05) is 0 Å². The molecule has 2 aromatic rings. The third-order valence-corrected chi connectivity index (χ3v) is 6.17. The lowest BCUT2D eigenvalue weighted by Crippen LogP contribution is -2.41. The molecule has 4 nitrogen and oxygen atoms in total. The van der Waals surface area contributed by atoms with Crippen LogP contribution in [0.3, 0.4) is 0 Å². The molecule has 2 N–H and O–H groups in total. The molecule has 1 aromatic heterocycles. The molecule has 5 heteroatoms. The van der Waals surface area contributed by atoms with E-state index in [2.05, 4.69) is 42.3 Å². The normalized spacial score (nSPS) is 13.0. The Kier molecular flexibility index (Phi) is 4.17. The standard InChI is InChI=1S/C16H24N2O2S/c1-11-6-12(2)14-8-13(18-15(14)7-11)9-17-10-16(3,4)21(5,19)20/h6-8,17-18H,9-10H2,1-5H3. The first-order chi connectivity index (χ1) is 9.60. The Labute approximate surface area is 126 Å². The number of sulfone groups is 1. The van der Waals surface area contributed by atoms with E-state index in [1.54, 1.807) is 13.8 Å². The molecular formula is C16H24N2O2S. The molecule has 0 bridgehead atoms. The summed E-state index contributed by atoms with van der Waals surface area (Å²) < 4.78 is 22.6. The van der Waals surface area contributed by atoms with E-state index in [9.17, 15) is 8.42 Å². The Morgan fingerprint density at radius 2 is 1.86 bits per heavy atom. The lowest BCUT2D eigenvalue weighted by molar-refractivity contribution is 0.520. The molecule has 0 spiro atoms. The predicted octanol–water partition coefficient (Wildman–Crippen LogP) is 2.70. The van der Waals surface area contributed by atoms with Crippen molar-refractivity contribution in [3.63, 3.8) is 0 Å². The maximum absolute atomic E-state index is 11.7. The lowest BCUT2D eigenvalue weighted by Gasteiger charge is -2.22. The fourth-order valence-corrected chi connectivity index (χ4v) is 2.75. The van der Waals surface area contributed by atoms with Crippen molar-refractivity contribution in [1.29, 1.82) is 0 Å². The summed E-state index contributed by atoms with van der Waals surface area (Å²) in [5.41, 5.74) is 4.69. The van der Waals surface area contributed by atoms with Crippen molar-refractivity contribution in [2.75, 3.05) is 12.8 Å². The summed E-state index contributed by atoms with van der Waals surface area (Å²) in [6.45, 7) is 8.74. The van der Waals surface area contributed by atoms with Gasteiger partial charge in [-0.2, -0.15) is 0 Å². The van der Waals surface area contributed by atoms with E-state index in [-0.39, 0.29) is 0 Å². The first-order valence-electron chi connectivity index (χ1n) is 7.09. The van der Waals surface area contributed by atoms with Crippen LogP contribution in [0.15, 0.2) is 18.2 Å². The highest BCUT2D eigenvalue weighted by molar-refractivity contribution is 7.92. The van der Waals surface area contributed by atoms with Crippen molar-refractivity contribution in [3.8, 4) is 0 Å². The highest BCUT2D eigenvalue weighted by Crippen LogP contribution is 2.21. The number of rotatable bonds is 5. The molecule has 0 aliphatic heterocycles. The van der Waals surface area contributed by atoms with Gasteiger partial charge in [0.15, 0.2) is 9.84 Å². The first-order valence-corrected chi connectivity index (χ1v) is 8.98. The zero-order chi connectivity index (χ0) is 15.8. The van der Waals surface area contributed by atoms with Gasteiger partial charge in [-0.1, -0.05) is 6.07 Å². The van der Waals surface area contributed by atoms with E-state index in [4.69, 9.17) is 0 Å². The number of nitrogens with one attached hydrogen (secondary N) is 2. The van der Waals surface area contributed by atoms with Gasteiger partial charge in [-0.15, -0.1) is 0 Å². The smallest absolute Gasteiger partial charge is 0.153 e. The highest BCUT2D eigenvalue weighted by atomic mass is 32.2. The van der Waals surface area contributed by atoms with Gasteiger partial charge in [0, 0.05) is 35.9 Å². The summed E-state index contributed by atoms with van der Waals surface area (Å²) in [4.78, 5) is 3.39. The van der Waals surface area contributed by atoms with Gasteiger partial charge in [-0.05, 0) is 51.0 Å². The summed E-state index contributed by atoms with van der Waals surface area (Å²) in [6, 6.07) is 6.43. The highest BCUT2D eigenvalue weighted by Gasteiger charge is 2.29. The molecule has 21 heavy (non-hydrogen) atoms. The average molecular weight is 308 g/mol. The van der Waals surface area contributed by atoms with Crippen molar-refractivity contribution in [1.82, 2.24) is 10.3 Å². The van der Waals surface area contributed by atoms with Gasteiger partial charge in [0.1, 0.15) is 0 Å². The molecule has 0 amide bonds. The van der Waals surface area contributed by atoms with Gasteiger partial charge in [-0.25, -0.2) is 8.42 Å². The van der Waals surface area contributed by atoms with Crippen LogP contribution >= 0.6 is 0 Å². The van der Waals surface area contributed by atoms with Crippen LogP contribution in [0.2, 0.25) is 0 Å². The van der Waals surface area contributed by atoms with E-state index in [0.717, 1.165) is 11.2 Å².